The van der Waals surface area contributed by atoms with E-state index in [2.05, 4.69) is 56.3 Å². The van der Waals surface area contributed by atoms with Crippen molar-refractivity contribution in [3.05, 3.63) is 64.7 Å². The van der Waals surface area contributed by atoms with Crippen LogP contribution in [0.3, 0.4) is 0 Å². The van der Waals surface area contributed by atoms with Crippen molar-refractivity contribution >= 4 is 23.5 Å². The lowest BCUT2D eigenvalue weighted by Crippen LogP contribution is -2.43. The third kappa shape index (κ3) is 5.21. The largest absolute Gasteiger partial charge is 0.378 e. The van der Waals surface area contributed by atoms with Gasteiger partial charge in [0.1, 0.15) is 0 Å². The van der Waals surface area contributed by atoms with Crippen LogP contribution in [0.4, 0.5) is 5.69 Å². The van der Waals surface area contributed by atoms with Crippen molar-refractivity contribution in [3.63, 3.8) is 0 Å². The lowest BCUT2D eigenvalue weighted by Gasteiger charge is -2.33. The van der Waals surface area contributed by atoms with Crippen LogP contribution in [-0.2, 0) is 6.54 Å². The average Bonchev–Trinajstić information content (AvgIpc) is 2.63. The number of anilines is 1. The fourth-order valence-corrected chi connectivity index (χ4v) is 2.99. The van der Waals surface area contributed by atoms with Crippen molar-refractivity contribution in [2.45, 2.75) is 6.54 Å². The Kier molecular flexibility index (Phi) is 5.95. The van der Waals surface area contributed by atoms with Gasteiger partial charge in [-0.2, -0.15) is 5.10 Å². The Balaban J connectivity index is 1.47. The number of hydrogen-bond donors (Lipinski definition) is 0. The molecule has 1 heterocycles. The number of piperazine rings is 1. The molecule has 1 fully saturated rings. The summed E-state index contributed by atoms with van der Waals surface area (Å²) in [5.41, 5.74) is 3.64. The Morgan fingerprint density at radius 2 is 1.60 bits per heavy atom. The van der Waals surface area contributed by atoms with E-state index in [4.69, 9.17) is 11.6 Å². The van der Waals surface area contributed by atoms with E-state index in [9.17, 15) is 0 Å². The molecule has 5 heteroatoms. The molecule has 2 aromatic rings. The van der Waals surface area contributed by atoms with Crippen molar-refractivity contribution in [1.29, 1.82) is 0 Å². The summed E-state index contributed by atoms with van der Waals surface area (Å²) < 4.78 is 0. The molecule has 0 atom stereocenters. The van der Waals surface area contributed by atoms with E-state index in [1.165, 1.54) is 11.3 Å². The van der Waals surface area contributed by atoms with Gasteiger partial charge >= 0.3 is 0 Å². The first-order valence-corrected chi connectivity index (χ1v) is 9.01. The van der Waals surface area contributed by atoms with Gasteiger partial charge < -0.3 is 4.90 Å². The lowest BCUT2D eigenvalue weighted by atomic mass is 10.2. The highest BCUT2D eigenvalue weighted by Gasteiger charge is 2.15. The molecule has 25 heavy (non-hydrogen) atoms. The van der Waals surface area contributed by atoms with E-state index in [0.29, 0.717) is 0 Å². The van der Waals surface area contributed by atoms with Crippen molar-refractivity contribution in [1.82, 2.24) is 9.91 Å². The van der Waals surface area contributed by atoms with Gasteiger partial charge in [-0.3, -0.25) is 9.91 Å². The molecule has 0 spiro atoms. The summed E-state index contributed by atoms with van der Waals surface area (Å²) in [7, 11) is 4.10. The molecule has 0 bridgehead atoms. The SMILES string of the molecule is CN(C)c1ccc(/C=N\N2CCN(Cc3ccc(Cl)cc3)CC2)cc1. The summed E-state index contributed by atoms with van der Waals surface area (Å²) in [5.74, 6) is 0. The number of benzene rings is 2. The Hall–Kier alpha value is -2.04. The molecule has 0 aliphatic carbocycles. The normalized spacial score (nSPS) is 15.7. The molecular weight excluding hydrogens is 332 g/mol. The molecule has 1 aliphatic heterocycles. The first-order valence-electron chi connectivity index (χ1n) is 8.63. The van der Waals surface area contributed by atoms with E-state index in [1.807, 2.05) is 32.4 Å². The van der Waals surface area contributed by atoms with E-state index >= 15 is 0 Å². The van der Waals surface area contributed by atoms with Crippen LogP contribution in [0, 0.1) is 0 Å². The van der Waals surface area contributed by atoms with Crippen LogP contribution < -0.4 is 4.90 Å². The minimum absolute atomic E-state index is 0.793. The molecule has 0 aromatic heterocycles. The lowest BCUT2D eigenvalue weighted by molar-refractivity contribution is 0.131. The Morgan fingerprint density at radius 1 is 0.960 bits per heavy atom. The van der Waals surface area contributed by atoms with E-state index in [0.717, 1.165) is 43.3 Å². The number of rotatable bonds is 5. The zero-order valence-electron chi connectivity index (χ0n) is 14.9. The van der Waals surface area contributed by atoms with E-state index in [1.54, 1.807) is 0 Å². The molecular formula is C20H25ClN4. The summed E-state index contributed by atoms with van der Waals surface area (Å²) in [6, 6.07) is 16.6. The maximum Gasteiger partial charge on any atom is 0.0542 e. The zero-order chi connectivity index (χ0) is 17.6. The molecule has 1 saturated heterocycles. The van der Waals surface area contributed by atoms with Gasteiger partial charge in [0.05, 0.1) is 6.21 Å². The smallest absolute Gasteiger partial charge is 0.0542 e. The third-order valence-corrected chi connectivity index (χ3v) is 4.70. The second-order valence-electron chi connectivity index (χ2n) is 6.59. The fraction of sp³-hybridized carbons (Fsp3) is 0.350. The summed E-state index contributed by atoms with van der Waals surface area (Å²) in [5, 5.41) is 7.58. The predicted molar refractivity (Wildman–Crippen MR) is 107 cm³/mol. The van der Waals surface area contributed by atoms with Crippen LogP contribution in [0.5, 0.6) is 0 Å². The maximum absolute atomic E-state index is 5.94. The Labute approximate surface area is 155 Å². The molecule has 0 N–H and O–H groups in total. The third-order valence-electron chi connectivity index (χ3n) is 4.45. The summed E-state index contributed by atoms with van der Waals surface area (Å²) in [4.78, 5) is 4.56. The van der Waals surface area contributed by atoms with Gasteiger partial charge in [-0.1, -0.05) is 35.9 Å². The molecule has 2 aromatic carbocycles. The minimum atomic E-state index is 0.793. The van der Waals surface area contributed by atoms with E-state index in [-0.39, 0.29) is 0 Å². The van der Waals surface area contributed by atoms with Crippen LogP contribution in [0.1, 0.15) is 11.1 Å². The monoisotopic (exact) mass is 356 g/mol. The fourth-order valence-electron chi connectivity index (χ4n) is 2.87. The van der Waals surface area contributed by atoms with E-state index < -0.39 is 0 Å². The first-order chi connectivity index (χ1) is 12.1. The Bertz CT molecular complexity index is 687. The second-order valence-corrected chi connectivity index (χ2v) is 7.02. The molecule has 0 radical (unpaired) electrons. The van der Waals surface area contributed by atoms with Crippen molar-refractivity contribution in [3.8, 4) is 0 Å². The van der Waals surface area contributed by atoms with Crippen LogP contribution in [0.2, 0.25) is 5.02 Å². The first kappa shape index (κ1) is 17.8. The summed E-state index contributed by atoms with van der Waals surface area (Å²) in [6.45, 7) is 4.94. The Morgan fingerprint density at radius 3 is 2.20 bits per heavy atom. The molecule has 0 saturated carbocycles. The molecule has 1 aliphatic rings. The topological polar surface area (TPSA) is 22.1 Å². The molecule has 3 rings (SSSR count). The van der Waals surface area contributed by atoms with Crippen LogP contribution in [0.25, 0.3) is 0 Å². The zero-order valence-corrected chi connectivity index (χ0v) is 15.7. The van der Waals surface area contributed by atoms with Gasteiger partial charge in [-0.05, 0) is 35.4 Å². The van der Waals surface area contributed by atoms with Gasteiger partial charge in [0, 0.05) is 57.5 Å². The molecule has 0 unspecified atom stereocenters. The van der Waals surface area contributed by atoms with Gasteiger partial charge in [0.15, 0.2) is 0 Å². The molecule has 132 valence electrons. The van der Waals surface area contributed by atoms with Crippen LogP contribution in [-0.4, -0.2) is 56.4 Å². The predicted octanol–water partition coefficient (Wildman–Crippen LogP) is 3.56. The van der Waals surface area contributed by atoms with Gasteiger partial charge in [-0.15, -0.1) is 0 Å². The average molecular weight is 357 g/mol. The summed E-state index contributed by atoms with van der Waals surface area (Å²) >= 11 is 5.94. The van der Waals surface area contributed by atoms with Crippen molar-refractivity contribution in [2.75, 3.05) is 45.2 Å². The standard InChI is InChI=1S/C20H25ClN4/c1-23(2)20-9-5-17(6-10-20)15-22-25-13-11-24(12-14-25)16-18-3-7-19(21)8-4-18/h3-10,15H,11-14,16H2,1-2H3/b22-15-. The van der Waals surface area contributed by atoms with Gasteiger partial charge in [-0.25, -0.2) is 0 Å². The van der Waals surface area contributed by atoms with Crippen LogP contribution >= 0.6 is 11.6 Å². The van der Waals surface area contributed by atoms with Crippen molar-refractivity contribution in [2.24, 2.45) is 5.10 Å². The quantitative estimate of drug-likeness (QED) is 0.765. The number of hydrazone groups is 1. The minimum Gasteiger partial charge on any atom is -0.378 e. The van der Waals surface area contributed by atoms with Crippen molar-refractivity contribution < 1.29 is 0 Å². The number of nitrogens with zero attached hydrogens (tertiary/aromatic N) is 4. The van der Waals surface area contributed by atoms with Gasteiger partial charge in [0.2, 0.25) is 0 Å². The number of hydrogen-bond acceptors (Lipinski definition) is 4. The van der Waals surface area contributed by atoms with Gasteiger partial charge in [0.25, 0.3) is 0 Å². The highest BCUT2D eigenvalue weighted by atomic mass is 35.5. The highest BCUT2D eigenvalue weighted by molar-refractivity contribution is 6.30. The maximum atomic E-state index is 5.94. The highest BCUT2D eigenvalue weighted by Crippen LogP contribution is 2.14. The van der Waals surface area contributed by atoms with Crippen LogP contribution in [0.15, 0.2) is 53.6 Å². The number of halogens is 1. The molecule has 0 amide bonds. The molecule has 4 nitrogen and oxygen atoms in total. The second kappa shape index (κ2) is 8.37. The summed E-state index contributed by atoms with van der Waals surface area (Å²) in [6.07, 6.45) is 1.95.